The zero-order valence-corrected chi connectivity index (χ0v) is 12.9. The number of carbonyl (C=O) groups is 1. The Labute approximate surface area is 131 Å². The standard InChI is InChI=1S/C16H16N4O3/c1-3-10-4-6-11(7-5-10)12(21)8-20-9-17-13-14(22)18-16(23)19(2)15(13)20/h4-7,9H,3,8H2,1-2H3,(H,18,22,23). The molecule has 0 aliphatic carbocycles. The van der Waals surface area contributed by atoms with E-state index in [4.69, 9.17) is 0 Å². The van der Waals surface area contributed by atoms with Crippen LogP contribution in [0.2, 0.25) is 0 Å². The van der Waals surface area contributed by atoms with E-state index in [-0.39, 0.29) is 17.8 Å². The van der Waals surface area contributed by atoms with E-state index >= 15 is 0 Å². The van der Waals surface area contributed by atoms with E-state index < -0.39 is 11.2 Å². The van der Waals surface area contributed by atoms with Gasteiger partial charge in [0.15, 0.2) is 11.3 Å². The van der Waals surface area contributed by atoms with Crippen LogP contribution < -0.4 is 11.2 Å². The minimum absolute atomic E-state index is 0.0126. The van der Waals surface area contributed by atoms with E-state index in [2.05, 4.69) is 9.97 Å². The predicted molar refractivity (Wildman–Crippen MR) is 85.7 cm³/mol. The summed E-state index contributed by atoms with van der Waals surface area (Å²) in [5.41, 5.74) is 1.12. The summed E-state index contributed by atoms with van der Waals surface area (Å²) in [5.74, 6) is -0.111. The summed E-state index contributed by atoms with van der Waals surface area (Å²) < 4.78 is 2.79. The van der Waals surface area contributed by atoms with E-state index in [1.54, 1.807) is 12.1 Å². The van der Waals surface area contributed by atoms with Crippen molar-refractivity contribution >= 4 is 16.9 Å². The predicted octanol–water partition coefficient (Wildman–Crippen LogP) is 0.869. The van der Waals surface area contributed by atoms with Crippen molar-refractivity contribution in [2.45, 2.75) is 19.9 Å². The largest absolute Gasteiger partial charge is 0.329 e. The number of Topliss-reactive ketones (excluding diaryl/α,β-unsaturated/α-hetero) is 1. The Morgan fingerprint density at radius 3 is 2.57 bits per heavy atom. The van der Waals surface area contributed by atoms with Gasteiger partial charge in [-0.05, 0) is 12.0 Å². The number of fused-ring (bicyclic) bond motifs is 1. The first-order valence-corrected chi connectivity index (χ1v) is 7.27. The fourth-order valence-electron chi connectivity index (χ4n) is 2.51. The average Bonchev–Trinajstić information content (AvgIpc) is 2.97. The summed E-state index contributed by atoms with van der Waals surface area (Å²) in [6, 6.07) is 7.40. The topological polar surface area (TPSA) is 89.8 Å². The molecule has 0 atom stereocenters. The molecule has 23 heavy (non-hydrogen) atoms. The van der Waals surface area contributed by atoms with E-state index in [0.717, 1.165) is 12.0 Å². The third kappa shape index (κ3) is 2.61. The van der Waals surface area contributed by atoms with Gasteiger partial charge in [0.25, 0.3) is 5.56 Å². The minimum atomic E-state index is -0.554. The van der Waals surface area contributed by atoms with Crippen molar-refractivity contribution < 1.29 is 4.79 Å². The highest BCUT2D eigenvalue weighted by Gasteiger charge is 2.14. The van der Waals surface area contributed by atoms with Gasteiger partial charge in [-0.2, -0.15) is 0 Å². The molecule has 7 heteroatoms. The van der Waals surface area contributed by atoms with Gasteiger partial charge < -0.3 is 4.57 Å². The van der Waals surface area contributed by atoms with Crippen molar-refractivity contribution in [3.8, 4) is 0 Å². The van der Waals surface area contributed by atoms with Crippen LogP contribution in [-0.4, -0.2) is 24.9 Å². The van der Waals surface area contributed by atoms with Crippen LogP contribution in [-0.2, 0) is 20.0 Å². The third-order valence-corrected chi connectivity index (χ3v) is 3.87. The smallest absolute Gasteiger partial charge is 0.309 e. The molecule has 0 aliphatic rings. The molecule has 7 nitrogen and oxygen atoms in total. The maximum atomic E-state index is 12.4. The first-order valence-electron chi connectivity index (χ1n) is 7.27. The molecule has 2 aromatic heterocycles. The molecule has 0 saturated heterocycles. The van der Waals surface area contributed by atoms with Gasteiger partial charge in [0.1, 0.15) is 5.65 Å². The number of carbonyl (C=O) groups excluding carboxylic acids is 1. The van der Waals surface area contributed by atoms with Crippen molar-refractivity contribution in [2.24, 2.45) is 7.05 Å². The van der Waals surface area contributed by atoms with Crippen LogP contribution in [0.1, 0.15) is 22.8 Å². The van der Waals surface area contributed by atoms with Crippen LogP contribution >= 0.6 is 0 Å². The van der Waals surface area contributed by atoms with Crippen LogP contribution in [0.5, 0.6) is 0 Å². The van der Waals surface area contributed by atoms with Crippen molar-refractivity contribution in [2.75, 3.05) is 0 Å². The average molecular weight is 312 g/mol. The molecule has 3 rings (SSSR count). The third-order valence-electron chi connectivity index (χ3n) is 3.87. The molecule has 0 radical (unpaired) electrons. The highest BCUT2D eigenvalue weighted by molar-refractivity contribution is 5.96. The Balaban J connectivity index is 1.99. The first-order chi connectivity index (χ1) is 11.0. The number of H-pyrrole nitrogens is 1. The summed E-state index contributed by atoms with van der Waals surface area (Å²) in [6.07, 6.45) is 2.31. The van der Waals surface area contributed by atoms with Gasteiger partial charge in [-0.3, -0.25) is 19.1 Å². The van der Waals surface area contributed by atoms with Gasteiger partial charge in [-0.15, -0.1) is 0 Å². The van der Waals surface area contributed by atoms with Crippen LogP contribution in [0, 0.1) is 0 Å². The second-order valence-electron chi connectivity index (χ2n) is 5.34. The molecule has 0 unspecified atom stereocenters. The normalized spacial score (nSPS) is 11.0. The number of rotatable bonds is 4. The van der Waals surface area contributed by atoms with Crippen molar-refractivity contribution in [1.82, 2.24) is 19.1 Å². The second-order valence-corrected chi connectivity index (χ2v) is 5.34. The number of aryl methyl sites for hydroxylation is 2. The van der Waals surface area contributed by atoms with Crippen molar-refractivity contribution in [3.63, 3.8) is 0 Å². The Kier molecular flexibility index (Phi) is 3.69. The highest BCUT2D eigenvalue weighted by Crippen LogP contribution is 2.10. The Morgan fingerprint density at radius 2 is 1.91 bits per heavy atom. The molecule has 0 aliphatic heterocycles. The zero-order chi connectivity index (χ0) is 16.6. The lowest BCUT2D eigenvalue weighted by Crippen LogP contribution is -2.29. The van der Waals surface area contributed by atoms with Crippen LogP contribution in [0.3, 0.4) is 0 Å². The number of hydrogen-bond donors (Lipinski definition) is 1. The van der Waals surface area contributed by atoms with Gasteiger partial charge in [-0.25, -0.2) is 9.78 Å². The molecular weight excluding hydrogens is 296 g/mol. The molecule has 3 aromatic rings. The summed E-state index contributed by atoms with van der Waals surface area (Å²) in [4.78, 5) is 42.1. The van der Waals surface area contributed by atoms with Gasteiger partial charge in [-0.1, -0.05) is 31.2 Å². The van der Waals surface area contributed by atoms with Gasteiger partial charge >= 0.3 is 5.69 Å². The lowest BCUT2D eigenvalue weighted by atomic mass is 10.1. The van der Waals surface area contributed by atoms with E-state index in [1.165, 1.54) is 22.5 Å². The quantitative estimate of drug-likeness (QED) is 0.724. The molecule has 0 bridgehead atoms. The first kappa shape index (κ1) is 15.0. The fourth-order valence-corrected chi connectivity index (χ4v) is 2.51. The summed E-state index contributed by atoms with van der Waals surface area (Å²) in [6.45, 7) is 2.06. The maximum absolute atomic E-state index is 12.4. The molecule has 0 fully saturated rings. The van der Waals surface area contributed by atoms with Gasteiger partial charge in [0.05, 0.1) is 12.9 Å². The fraction of sp³-hybridized carbons (Fsp3) is 0.250. The summed E-state index contributed by atoms with van der Waals surface area (Å²) >= 11 is 0. The molecule has 0 spiro atoms. The van der Waals surface area contributed by atoms with Gasteiger partial charge in [0, 0.05) is 12.6 Å². The van der Waals surface area contributed by atoms with Crippen LogP contribution in [0.25, 0.3) is 11.2 Å². The van der Waals surface area contributed by atoms with Gasteiger partial charge in [0.2, 0.25) is 0 Å². The number of aromatic amines is 1. The van der Waals surface area contributed by atoms with Crippen molar-refractivity contribution in [1.29, 1.82) is 0 Å². The second kappa shape index (κ2) is 5.68. The SMILES string of the molecule is CCc1ccc(C(=O)Cn2cnc3c(=O)[nH]c(=O)n(C)c32)cc1. The molecule has 118 valence electrons. The highest BCUT2D eigenvalue weighted by atomic mass is 16.2. The Hall–Kier alpha value is -2.96. The summed E-state index contributed by atoms with van der Waals surface area (Å²) in [5, 5.41) is 0. The molecule has 1 N–H and O–H groups in total. The number of aromatic nitrogens is 4. The van der Waals surface area contributed by atoms with E-state index in [9.17, 15) is 14.4 Å². The Morgan fingerprint density at radius 1 is 1.22 bits per heavy atom. The number of nitrogens with zero attached hydrogens (tertiary/aromatic N) is 3. The number of hydrogen-bond acceptors (Lipinski definition) is 4. The number of ketones is 1. The van der Waals surface area contributed by atoms with Crippen LogP contribution in [0.15, 0.2) is 40.2 Å². The molecule has 2 heterocycles. The minimum Gasteiger partial charge on any atom is -0.309 e. The molecule has 0 amide bonds. The number of nitrogens with one attached hydrogen (secondary N) is 1. The molecular formula is C16H16N4O3. The molecule has 1 aromatic carbocycles. The number of benzene rings is 1. The van der Waals surface area contributed by atoms with E-state index in [1.807, 2.05) is 19.1 Å². The molecule has 0 saturated carbocycles. The maximum Gasteiger partial charge on any atom is 0.329 e. The monoisotopic (exact) mass is 312 g/mol. The Bertz CT molecular complexity index is 993. The lowest BCUT2D eigenvalue weighted by molar-refractivity contribution is 0.0973. The van der Waals surface area contributed by atoms with E-state index in [0.29, 0.717) is 11.2 Å². The zero-order valence-electron chi connectivity index (χ0n) is 12.9. The van der Waals surface area contributed by atoms with Crippen molar-refractivity contribution in [3.05, 3.63) is 62.6 Å². The lowest BCUT2D eigenvalue weighted by Gasteiger charge is -2.07. The number of imidazole rings is 1. The van der Waals surface area contributed by atoms with Crippen LogP contribution in [0.4, 0.5) is 0 Å². The summed E-state index contributed by atoms with van der Waals surface area (Å²) in [7, 11) is 1.53.